The Kier molecular flexibility index (Phi) is 4.34. The second-order valence-corrected chi connectivity index (χ2v) is 4.39. The number of hydrogen-bond donors (Lipinski definition) is 0. The van der Waals surface area contributed by atoms with Crippen LogP contribution in [0.3, 0.4) is 0 Å². The number of carbonyl (C=O) groups is 2. The van der Waals surface area contributed by atoms with Crippen LogP contribution in [0.1, 0.15) is 12.8 Å². The molecular weight excluding hydrogens is 222 g/mol. The highest BCUT2D eigenvalue weighted by atomic mass is 32.2. The predicted octanol–water partition coefficient (Wildman–Crippen LogP) is 0.800. The van der Waals surface area contributed by atoms with E-state index in [0.29, 0.717) is 29.5 Å². The molecule has 0 aromatic heterocycles. The third-order valence-corrected chi connectivity index (χ3v) is 3.26. The van der Waals surface area contributed by atoms with Crippen molar-refractivity contribution in [1.82, 2.24) is 4.90 Å². The third kappa shape index (κ3) is 2.95. The van der Waals surface area contributed by atoms with E-state index >= 15 is 0 Å². The summed E-state index contributed by atoms with van der Waals surface area (Å²) in [5.41, 5.74) is 0. The van der Waals surface area contributed by atoms with Gasteiger partial charge >= 0.3 is 5.97 Å². The molecule has 14 heavy (non-hydrogen) atoms. The van der Waals surface area contributed by atoms with Gasteiger partial charge in [-0.05, 0) is 6.42 Å². The zero-order valence-electron chi connectivity index (χ0n) is 7.82. The number of methoxy groups -OCH3 is 1. The Morgan fingerprint density at radius 1 is 1.71 bits per heavy atom. The fourth-order valence-electron chi connectivity index (χ4n) is 1.08. The van der Waals surface area contributed by atoms with Crippen molar-refractivity contribution in [3.8, 4) is 0 Å². The first-order chi connectivity index (χ1) is 6.65. The van der Waals surface area contributed by atoms with Crippen LogP contribution in [-0.4, -0.2) is 40.5 Å². The molecule has 1 heterocycles. The molecule has 4 nitrogen and oxygen atoms in total. The maximum Gasteiger partial charge on any atom is 0.305 e. The molecule has 0 atom stereocenters. The summed E-state index contributed by atoms with van der Waals surface area (Å²) in [7, 11) is 1.35. The minimum Gasteiger partial charge on any atom is -0.469 e. The number of ether oxygens (including phenoxy) is 1. The van der Waals surface area contributed by atoms with Crippen LogP contribution in [0, 0.1) is 0 Å². The van der Waals surface area contributed by atoms with E-state index in [2.05, 4.69) is 4.74 Å². The van der Waals surface area contributed by atoms with Crippen LogP contribution in [0.15, 0.2) is 0 Å². The van der Waals surface area contributed by atoms with Crippen molar-refractivity contribution in [1.29, 1.82) is 0 Å². The smallest absolute Gasteiger partial charge is 0.305 e. The number of thiocarbonyl (C=S) groups is 1. The van der Waals surface area contributed by atoms with Gasteiger partial charge in [-0.3, -0.25) is 14.5 Å². The fraction of sp³-hybridized carbons (Fsp3) is 0.625. The van der Waals surface area contributed by atoms with Gasteiger partial charge in [0.25, 0.3) is 0 Å². The molecule has 6 heteroatoms. The first kappa shape index (κ1) is 11.5. The van der Waals surface area contributed by atoms with Gasteiger partial charge < -0.3 is 4.74 Å². The maximum absolute atomic E-state index is 11.2. The van der Waals surface area contributed by atoms with Crippen molar-refractivity contribution in [3.63, 3.8) is 0 Å². The topological polar surface area (TPSA) is 46.6 Å². The van der Waals surface area contributed by atoms with Gasteiger partial charge in [-0.1, -0.05) is 24.0 Å². The van der Waals surface area contributed by atoms with E-state index in [-0.39, 0.29) is 11.9 Å². The van der Waals surface area contributed by atoms with Crippen LogP contribution in [-0.2, 0) is 14.3 Å². The van der Waals surface area contributed by atoms with Crippen LogP contribution in [0.5, 0.6) is 0 Å². The third-order valence-electron chi connectivity index (χ3n) is 1.83. The zero-order chi connectivity index (χ0) is 10.6. The first-order valence-electron chi connectivity index (χ1n) is 4.19. The van der Waals surface area contributed by atoms with Crippen molar-refractivity contribution in [2.24, 2.45) is 0 Å². The Bertz CT molecular complexity index is 251. The molecule has 78 valence electrons. The number of amides is 1. The molecule has 0 bridgehead atoms. The molecule has 1 aliphatic rings. The molecule has 0 saturated carbocycles. The quantitative estimate of drug-likeness (QED) is 0.531. The maximum atomic E-state index is 11.2. The van der Waals surface area contributed by atoms with E-state index in [9.17, 15) is 9.59 Å². The summed E-state index contributed by atoms with van der Waals surface area (Å²) in [6, 6.07) is 0. The van der Waals surface area contributed by atoms with E-state index < -0.39 is 0 Å². The van der Waals surface area contributed by atoms with Crippen LogP contribution in [0.25, 0.3) is 0 Å². The highest BCUT2D eigenvalue weighted by Crippen LogP contribution is 2.19. The Balaban J connectivity index is 2.27. The zero-order valence-corrected chi connectivity index (χ0v) is 9.45. The van der Waals surface area contributed by atoms with E-state index in [0.717, 1.165) is 0 Å². The molecule has 0 aromatic carbocycles. The summed E-state index contributed by atoms with van der Waals surface area (Å²) in [6.07, 6.45) is 0.923. The van der Waals surface area contributed by atoms with Crippen molar-refractivity contribution in [3.05, 3.63) is 0 Å². The lowest BCUT2D eigenvalue weighted by molar-refractivity contribution is -0.141. The van der Waals surface area contributed by atoms with Gasteiger partial charge in [0.1, 0.15) is 4.32 Å². The van der Waals surface area contributed by atoms with Gasteiger partial charge in [0.15, 0.2) is 0 Å². The van der Waals surface area contributed by atoms with Gasteiger partial charge in [-0.2, -0.15) is 0 Å². The van der Waals surface area contributed by atoms with Crippen molar-refractivity contribution >= 4 is 40.2 Å². The number of thioether (sulfide) groups is 1. The molecule has 0 aromatic rings. The fourth-order valence-corrected chi connectivity index (χ4v) is 2.20. The summed E-state index contributed by atoms with van der Waals surface area (Å²) in [5, 5.41) is 0. The molecule has 0 N–H and O–H groups in total. The van der Waals surface area contributed by atoms with E-state index in [4.69, 9.17) is 12.2 Å². The summed E-state index contributed by atoms with van der Waals surface area (Å²) in [4.78, 5) is 23.6. The van der Waals surface area contributed by atoms with E-state index in [1.54, 1.807) is 4.90 Å². The van der Waals surface area contributed by atoms with Crippen LogP contribution < -0.4 is 0 Å². The lowest BCUT2D eigenvalue weighted by Crippen LogP contribution is -2.29. The molecule has 0 radical (unpaired) electrons. The van der Waals surface area contributed by atoms with Gasteiger partial charge in [-0.25, -0.2) is 0 Å². The van der Waals surface area contributed by atoms with Crippen LogP contribution >= 0.6 is 24.0 Å². The molecule has 1 amide bonds. The molecule has 1 aliphatic heterocycles. The minimum absolute atomic E-state index is 0.0323. The Morgan fingerprint density at radius 3 is 2.93 bits per heavy atom. The van der Waals surface area contributed by atoms with Gasteiger partial charge in [-0.15, -0.1) is 0 Å². The molecular formula is C8H11NO3S2. The Hall–Kier alpha value is -0.620. The van der Waals surface area contributed by atoms with Crippen molar-refractivity contribution < 1.29 is 14.3 Å². The Labute approximate surface area is 92.0 Å². The minimum atomic E-state index is -0.254. The second-order valence-electron chi connectivity index (χ2n) is 2.78. The van der Waals surface area contributed by atoms with Crippen molar-refractivity contribution in [2.45, 2.75) is 12.8 Å². The van der Waals surface area contributed by atoms with Crippen LogP contribution in [0.4, 0.5) is 0 Å². The molecule has 0 unspecified atom stereocenters. The molecule has 0 aliphatic carbocycles. The van der Waals surface area contributed by atoms with Gasteiger partial charge in [0.05, 0.1) is 12.9 Å². The number of nitrogens with zero attached hydrogens (tertiary/aromatic N) is 1. The summed E-state index contributed by atoms with van der Waals surface area (Å²) in [6.45, 7) is 0.514. The number of hydrogen-bond acceptors (Lipinski definition) is 5. The number of carbonyl (C=O) groups excluding carboxylic acids is 2. The standard InChI is InChI=1S/C8H11NO3S2/c1-12-7(11)3-2-4-9-6(10)5-14-8(9)13/h2-5H2,1H3. The Morgan fingerprint density at radius 2 is 2.43 bits per heavy atom. The molecule has 1 saturated heterocycles. The normalized spacial score (nSPS) is 16.2. The van der Waals surface area contributed by atoms with E-state index in [1.807, 2.05) is 0 Å². The van der Waals surface area contributed by atoms with E-state index in [1.165, 1.54) is 18.9 Å². The molecule has 1 rings (SSSR count). The van der Waals surface area contributed by atoms with Gasteiger partial charge in [0, 0.05) is 13.0 Å². The average Bonchev–Trinajstić information content (AvgIpc) is 2.48. The lowest BCUT2D eigenvalue weighted by atomic mass is 10.3. The highest BCUT2D eigenvalue weighted by Gasteiger charge is 2.25. The number of esters is 1. The SMILES string of the molecule is COC(=O)CCCN1C(=O)CSC1=S. The first-order valence-corrected chi connectivity index (χ1v) is 5.58. The summed E-state index contributed by atoms with van der Waals surface area (Å²) < 4.78 is 5.10. The largest absolute Gasteiger partial charge is 0.469 e. The van der Waals surface area contributed by atoms with Gasteiger partial charge in [0.2, 0.25) is 5.91 Å². The lowest BCUT2D eigenvalue weighted by Gasteiger charge is -2.13. The predicted molar refractivity (Wildman–Crippen MR) is 58.0 cm³/mol. The number of rotatable bonds is 4. The average molecular weight is 233 g/mol. The van der Waals surface area contributed by atoms with Crippen LogP contribution in [0.2, 0.25) is 0 Å². The summed E-state index contributed by atoms with van der Waals surface area (Å²) in [5.74, 6) is 0.205. The monoisotopic (exact) mass is 233 g/mol. The second kappa shape index (κ2) is 5.31. The molecule has 1 fully saturated rings. The molecule has 0 spiro atoms. The summed E-state index contributed by atoms with van der Waals surface area (Å²) >= 11 is 6.35. The highest BCUT2D eigenvalue weighted by molar-refractivity contribution is 8.23. The van der Waals surface area contributed by atoms with Crippen molar-refractivity contribution in [2.75, 3.05) is 19.4 Å².